The van der Waals surface area contributed by atoms with Gasteiger partial charge in [0.15, 0.2) is 11.7 Å². The van der Waals surface area contributed by atoms with Crippen LogP contribution in [0.2, 0.25) is 0 Å². The molecule has 0 spiro atoms. The summed E-state index contributed by atoms with van der Waals surface area (Å²) in [5.74, 6) is 1.97. The molecule has 1 aromatic rings. The van der Waals surface area contributed by atoms with Crippen LogP contribution in [0, 0.1) is 0 Å². The topological polar surface area (TPSA) is 71.7 Å². The normalized spacial score (nSPS) is 16.4. The van der Waals surface area contributed by atoms with Crippen molar-refractivity contribution in [3.8, 4) is 0 Å². The molecule has 0 atom stereocenters. The van der Waals surface area contributed by atoms with E-state index in [1.807, 2.05) is 6.07 Å². The predicted octanol–water partition coefficient (Wildman–Crippen LogP) is 3.59. The largest absolute Gasteiger partial charge is 0.378 e. The Kier molecular flexibility index (Phi) is 8.80. The van der Waals surface area contributed by atoms with Crippen molar-refractivity contribution in [1.82, 2.24) is 15.8 Å². The van der Waals surface area contributed by atoms with E-state index < -0.39 is 0 Å². The van der Waals surface area contributed by atoms with E-state index in [1.165, 1.54) is 32.1 Å². The molecule has 1 saturated carbocycles. The molecule has 25 heavy (non-hydrogen) atoms. The molecule has 1 aliphatic carbocycles. The van der Waals surface area contributed by atoms with Gasteiger partial charge in [-0.3, -0.25) is 0 Å². The number of aromatic nitrogens is 1. The smallest absolute Gasteiger partial charge is 0.191 e. The molecule has 0 aliphatic heterocycles. The van der Waals surface area contributed by atoms with Gasteiger partial charge in [-0.2, -0.15) is 0 Å². The van der Waals surface area contributed by atoms with Crippen LogP contribution in [0.5, 0.6) is 0 Å². The van der Waals surface area contributed by atoms with E-state index in [0.29, 0.717) is 18.6 Å². The first-order valence-corrected chi connectivity index (χ1v) is 9.78. The molecular weight excluding hydrogens is 316 g/mol. The number of hydrogen-bond donors (Lipinski definition) is 2. The summed E-state index contributed by atoms with van der Waals surface area (Å²) in [4.78, 5) is 4.56. The lowest BCUT2D eigenvalue weighted by molar-refractivity contribution is 0.0277. The molecule has 142 valence electrons. The Balaban J connectivity index is 1.67. The fourth-order valence-electron chi connectivity index (χ4n) is 2.94. The summed E-state index contributed by atoms with van der Waals surface area (Å²) in [5, 5.41) is 10.7. The van der Waals surface area contributed by atoms with Crippen LogP contribution < -0.4 is 10.6 Å². The van der Waals surface area contributed by atoms with Gasteiger partial charge in [-0.05, 0) is 32.1 Å². The average molecular weight is 351 g/mol. The molecule has 1 aromatic heterocycles. The van der Waals surface area contributed by atoms with Crippen molar-refractivity contribution >= 4 is 5.96 Å². The minimum atomic E-state index is 0.372. The van der Waals surface area contributed by atoms with Crippen LogP contribution >= 0.6 is 0 Å². The second-order valence-corrected chi connectivity index (χ2v) is 6.98. The third-order valence-electron chi connectivity index (χ3n) is 4.43. The predicted molar refractivity (Wildman–Crippen MR) is 101 cm³/mol. The molecule has 0 saturated heterocycles. The molecule has 1 fully saturated rings. The standard InChI is InChI=1S/C19H34N4O2/c1-4-20-19(22-14-17-13-18(15(2)3)23-25-17)21-11-8-12-24-16-9-6-5-7-10-16/h13,15-16H,4-12,14H2,1-3H3,(H2,20,21,22). The van der Waals surface area contributed by atoms with Crippen LogP contribution in [0.25, 0.3) is 0 Å². The van der Waals surface area contributed by atoms with Gasteiger partial charge in [0.05, 0.1) is 11.8 Å². The minimum Gasteiger partial charge on any atom is -0.378 e. The van der Waals surface area contributed by atoms with E-state index >= 15 is 0 Å². The third-order valence-corrected chi connectivity index (χ3v) is 4.43. The number of nitrogens with one attached hydrogen (secondary N) is 2. The van der Waals surface area contributed by atoms with E-state index in [2.05, 4.69) is 41.6 Å². The van der Waals surface area contributed by atoms with Crippen molar-refractivity contribution in [2.75, 3.05) is 19.7 Å². The van der Waals surface area contributed by atoms with Gasteiger partial charge in [-0.25, -0.2) is 4.99 Å². The highest BCUT2D eigenvalue weighted by Crippen LogP contribution is 2.20. The van der Waals surface area contributed by atoms with E-state index in [-0.39, 0.29) is 0 Å². The summed E-state index contributed by atoms with van der Waals surface area (Å²) in [6, 6.07) is 1.98. The molecule has 6 nitrogen and oxygen atoms in total. The van der Waals surface area contributed by atoms with Crippen LogP contribution in [-0.4, -0.2) is 36.9 Å². The first kappa shape index (κ1) is 19.8. The Morgan fingerprint density at radius 1 is 1.32 bits per heavy atom. The molecule has 0 unspecified atom stereocenters. The Morgan fingerprint density at radius 3 is 2.80 bits per heavy atom. The summed E-state index contributed by atoms with van der Waals surface area (Å²) in [7, 11) is 0. The van der Waals surface area contributed by atoms with Crippen molar-refractivity contribution in [2.45, 2.75) is 77.9 Å². The average Bonchev–Trinajstić information content (AvgIpc) is 3.09. The van der Waals surface area contributed by atoms with Crippen molar-refractivity contribution < 1.29 is 9.26 Å². The first-order chi connectivity index (χ1) is 12.2. The molecule has 6 heteroatoms. The van der Waals surface area contributed by atoms with E-state index in [4.69, 9.17) is 9.26 Å². The van der Waals surface area contributed by atoms with Crippen molar-refractivity contribution in [3.05, 3.63) is 17.5 Å². The number of guanidine groups is 1. The molecule has 0 bridgehead atoms. The van der Waals surface area contributed by atoms with E-state index in [9.17, 15) is 0 Å². The second-order valence-electron chi connectivity index (χ2n) is 6.98. The quantitative estimate of drug-likeness (QED) is 0.404. The molecule has 0 radical (unpaired) electrons. The van der Waals surface area contributed by atoms with Crippen LogP contribution in [0.1, 0.15) is 76.7 Å². The SMILES string of the molecule is CCNC(=NCc1cc(C(C)C)no1)NCCCOC1CCCCC1. The Hall–Kier alpha value is -1.56. The monoisotopic (exact) mass is 350 g/mol. The zero-order chi connectivity index (χ0) is 17.9. The number of hydrogen-bond acceptors (Lipinski definition) is 4. The maximum Gasteiger partial charge on any atom is 0.191 e. The highest BCUT2D eigenvalue weighted by Gasteiger charge is 2.13. The van der Waals surface area contributed by atoms with E-state index in [1.54, 1.807) is 0 Å². The summed E-state index contributed by atoms with van der Waals surface area (Å²) < 4.78 is 11.3. The summed E-state index contributed by atoms with van der Waals surface area (Å²) >= 11 is 0. The first-order valence-electron chi connectivity index (χ1n) is 9.78. The maximum absolute atomic E-state index is 5.96. The molecule has 2 N–H and O–H groups in total. The zero-order valence-corrected chi connectivity index (χ0v) is 16.0. The minimum absolute atomic E-state index is 0.372. The number of nitrogens with zero attached hydrogens (tertiary/aromatic N) is 2. The number of rotatable bonds is 9. The summed E-state index contributed by atoms with van der Waals surface area (Å²) in [6.45, 7) is 9.27. The van der Waals surface area contributed by atoms with Gasteiger partial charge in [0.25, 0.3) is 0 Å². The van der Waals surface area contributed by atoms with Gasteiger partial charge in [0, 0.05) is 25.8 Å². The lowest BCUT2D eigenvalue weighted by atomic mass is 9.98. The summed E-state index contributed by atoms with van der Waals surface area (Å²) in [5.41, 5.74) is 0.975. The van der Waals surface area contributed by atoms with Crippen LogP contribution in [-0.2, 0) is 11.3 Å². The van der Waals surface area contributed by atoms with Crippen molar-refractivity contribution in [3.63, 3.8) is 0 Å². The Bertz CT molecular complexity index is 507. The molecule has 0 aromatic carbocycles. The molecular formula is C19H34N4O2. The maximum atomic E-state index is 5.96. The zero-order valence-electron chi connectivity index (χ0n) is 16.0. The van der Waals surface area contributed by atoms with Crippen molar-refractivity contribution in [2.24, 2.45) is 4.99 Å². The van der Waals surface area contributed by atoms with Gasteiger partial charge in [0.1, 0.15) is 6.54 Å². The Labute approximate surface area is 151 Å². The van der Waals surface area contributed by atoms with Gasteiger partial charge in [-0.1, -0.05) is 38.3 Å². The number of aliphatic imine (C=N–C) groups is 1. The van der Waals surface area contributed by atoms with Crippen LogP contribution in [0.4, 0.5) is 0 Å². The van der Waals surface area contributed by atoms with Gasteiger partial charge in [-0.15, -0.1) is 0 Å². The molecule has 1 heterocycles. The van der Waals surface area contributed by atoms with Gasteiger partial charge < -0.3 is 19.9 Å². The van der Waals surface area contributed by atoms with Gasteiger partial charge in [0.2, 0.25) is 0 Å². The van der Waals surface area contributed by atoms with Crippen LogP contribution in [0.3, 0.4) is 0 Å². The highest BCUT2D eigenvalue weighted by molar-refractivity contribution is 5.79. The summed E-state index contributed by atoms with van der Waals surface area (Å²) in [6.07, 6.45) is 7.94. The fourth-order valence-corrected chi connectivity index (χ4v) is 2.94. The second kappa shape index (κ2) is 11.1. The molecule has 0 amide bonds. The Morgan fingerprint density at radius 2 is 2.12 bits per heavy atom. The number of ether oxygens (including phenoxy) is 1. The van der Waals surface area contributed by atoms with E-state index in [0.717, 1.165) is 43.5 Å². The highest BCUT2D eigenvalue weighted by atomic mass is 16.5. The van der Waals surface area contributed by atoms with Crippen molar-refractivity contribution in [1.29, 1.82) is 0 Å². The fraction of sp³-hybridized carbons (Fsp3) is 0.789. The molecule has 1 aliphatic rings. The van der Waals surface area contributed by atoms with Crippen LogP contribution in [0.15, 0.2) is 15.6 Å². The lowest BCUT2D eigenvalue weighted by Gasteiger charge is -2.22. The molecule has 2 rings (SSSR count). The lowest BCUT2D eigenvalue weighted by Crippen LogP contribution is -2.38. The third kappa shape index (κ3) is 7.46. The van der Waals surface area contributed by atoms with Gasteiger partial charge >= 0.3 is 0 Å².